The number of rotatable bonds is 1. The van der Waals surface area contributed by atoms with Crippen LogP contribution in [0.2, 0.25) is 0 Å². The van der Waals surface area contributed by atoms with Crippen molar-refractivity contribution in [2.75, 3.05) is 4.90 Å². The van der Waals surface area contributed by atoms with Gasteiger partial charge < -0.3 is 4.90 Å². The van der Waals surface area contributed by atoms with Gasteiger partial charge in [0.2, 0.25) is 0 Å². The monoisotopic (exact) mass is 316 g/mol. The van der Waals surface area contributed by atoms with Crippen LogP contribution in [0.3, 0.4) is 0 Å². The number of carbonyl (C=O) groups excluding carboxylic acids is 1. The highest BCUT2D eigenvalue weighted by molar-refractivity contribution is 6.14. The fourth-order valence-electron chi connectivity index (χ4n) is 3.65. The maximum Gasteiger partial charge on any atom is 0.259 e. The minimum absolute atomic E-state index is 0.0635. The van der Waals surface area contributed by atoms with Gasteiger partial charge in [-0.25, -0.2) is 0 Å². The van der Waals surface area contributed by atoms with E-state index in [1.165, 1.54) is 5.56 Å². The van der Waals surface area contributed by atoms with Crippen LogP contribution in [0.15, 0.2) is 48.5 Å². The summed E-state index contributed by atoms with van der Waals surface area (Å²) in [6.07, 6.45) is 0.906. The minimum atomic E-state index is 0.0635. The summed E-state index contributed by atoms with van der Waals surface area (Å²) < 4.78 is 0. The fourth-order valence-corrected chi connectivity index (χ4v) is 3.65. The highest BCUT2D eigenvalue weighted by Gasteiger charge is 2.32. The smallest absolute Gasteiger partial charge is 0.259 e. The summed E-state index contributed by atoms with van der Waals surface area (Å²) in [4.78, 5) is 19.9. The van der Waals surface area contributed by atoms with E-state index in [1.807, 2.05) is 55.1 Å². The molecule has 4 rings (SSSR count). The summed E-state index contributed by atoms with van der Waals surface area (Å²) in [5.74, 6) is 0.0635. The van der Waals surface area contributed by atoms with Crippen molar-refractivity contribution in [3.63, 3.8) is 0 Å². The number of carbonyl (C=O) groups is 1. The molecule has 24 heavy (non-hydrogen) atoms. The number of aryl methyl sites for hydroxylation is 2. The molecule has 2 heterocycles. The van der Waals surface area contributed by atoms with Crippen LogP contribution in [0.5, 0.6) is 0 Å². The third-order valence-corrected chi connectivity index (χ3v) is 4.75. The molecule has 1 amide bonds. The summed E-state index contributed by atoms with van der Waals surface area (Å²) >= 11 is 0. The Balaban J connectivity index is 1.89. The molecule has 3 nitrogen and oxygen atoms in total. The molecule has 0 saturated heterocycles. The molecule has 1 unspecified atom stereocenters. The van der Waals surface area contributed by atoms with Crippen LogP contribution < -0.4 is 4.90 Å². The zero-order chi connectivity index (χ0) is 16.8. The van der Waals surface area contributed by atoms with Gasteiger partial charge in [-0.2, -0.15) is 0 Å². The van der Waals surface area contributed by atoms with Crippen molar-refractivity contribution in [1.82, 2.24) is 4.98 Å². The van der Waals surface area contributed by atoms with E-state index in [2.05, 4.69) is 24.0 Å². The van der Waals surface area contributed by atoms with Crippen LogP contribution in [-0.2, 0) is 6.42 Å². The van der Waals surface area contributed by atoms with E-state index < -0.39 is 0 Å². The predicted molar refractivity (Wildman–Crippen MR) is 97.6 cm³/mol. The molecule has 0 fully saturated rings. The molecule has 0 aliphatic carbocycles. The number of benzene rings is 2. The first-order valence-electron chi connectivity index (χ1n) is 8.34. The molecule has 0 saturated carbocycles. The molecule has 0 N–H and O–H groups in total. The van der Waals surface area contributed by atoms with Crippen molar-refractivity contribution >= 4 is 22.5 Å². The van der Waals surface area contributed by atoms with Crippen LogP contribution in [0.1, 0.15) is 34.1 Å². The highest BCUT2D eigenvalue weighted by atomic mass is 16.2. The van der Waals surface area contributed by atoms with Gasteiger partial charge in [0.05, 0.1) is 11.1 Å². The maximum absolute atomic E-state index is 13.4. The third kappa shape index (κ3) is 2.28. The lowest BCUT2D eigenvalue weighted by Crippen LogP contribution is -2.35. The normalized spacial score (nSPS) is 16.5. The molecule has 0 bridgehead atoms. The number of hydrogen-bond acceptors (Lipinski definition) is 2. The molecule has 0 radical (unpaired) electrons. The Morgan fingerprint density at radius 1 is 1.12 bits per heavy atom. The predicted octanol–water partition coefficient (Wildman–Crippen LogP) is 4.44. The Morgan fingerprint density at radius 3 is 2.75 bits per heavy atom. The Labute approximate surface area is 141 Å². The van der Waals surface area contributed by atoms with E-state index in [9.17, 15) is 4.79 Å². The van der Waals surface area contributed by atoms with E-state index in [1.54, 1.807) is 0 Å². The van der Waals surface area contributed by atoms with Crippen molar-refractivity contribution in [2.45, 2.75) is 33.2 Å². The standard InChI is InChI=1S/C21H20N2O/c1-13-8-9-19-17(10-13)18(11-14(2)22-19)21(24)23-15(3)12-16-6-4-5-7-20(16)23/h4-11,15H,12H2,1-3H3. The first kappa shape index (κ1) is 14.9. The van der Waals surface area contributed by atoms with Gasteiger partial charge in [0.15, 0.2) is 0 Å². The lowest BCUT2D eigenvalue weighted by Gasteiger charge is -2.23. The molecule has 3 heteroatoms. The van der Waals surface area contributed by atoms with E-state index >= 15 is 0 Å². The first-order chi connectivity index (χ1) is 11.5. The van der Waals surface area contributed by atoms with Crippen molar-refractivity contribution < 1.29 is 4.79 Å². The molecular weight excluding hydrogens is 296 g/mol. The molecule has 1 aromatic heterocycles. The number of aromatic nitrogens is 1. The van der Waals surface area contributed by atoms with Gasteiger partial charge in [-0.05, 0) is 57.0 Å². The molecular formula is C21H20N2O. The van der Waals surface area contributed by atoms with Gasteiger partial charge in [-0.1, -0.05) is 29.8 Å². The molecule has 1 atom stereocenters. The second-order valence-corrected chi connectivity index (χ2v) is 6.69. The van der Waals surface area contributed by atoms with Crippen LogP contribution in [0, 0.1) is 13.8 Å². The van der Waals surface area contributed by atoms with Crippen molar-refractivity contribution in [3.05, 3.63) is 70.9 Å². The van der Waals surface area contributed by atoms with Crippen molar-refractivity contribution in [3.8, 4) is 0 Å². The highest BCUT2D eigenvalue weighted by Crippen LogP contribution is 2.34. The van der Waals surface area contributed by atoms with Gasteiger partial charge in [0.25, 0.3) is 5.91 Å². The number of anilines is 1. The molecule has 1 aliphatic rings. The van der Waals surface area contributed by atoms with E-state index in [0.717, 1.165) is 39.8 Å². The van der Waals surface area contributed by atoms with Crippen LogP contribution in [0.4, 0.5) is 5.69 Å². The number of nitrogens with zero attached hydrogens (tertiary/aromatic N) is 2. The number of fused-ring (bicyclic) bond motifs is 2. The topological polar surface area (TPSA) is 33.2 Å². The van der Waals surface area contributed by atoms with Crippen molar-refractivity contribution in [1.29, 1.82) is 0 Å². The number of pyridine rings is 1. The Hall–Kier alpha value is -2.68. The summed E-state index contributed by atoms with van der Waals surface area (Å²) in [6, 6.07) is 16.4. The Kier molecular flexibility index (Phi) is 3.38. The lowest BCUT2D eigenvalue weighted by atomic mass is 10.0. The van der Waals surface area contributed by atoms with Gasteiger partial charge in [-0.3, -0.25) is 9.78 Å². The van der Waals surface area contributed by atoms with Gasteiger partial charge in [0, 0.05) is 22.8 Å². The van der Waals surface area contributed by atoms with E-state index in [0.29, 0.717) is 0 Å². The summed E-state index contributed by atoms with van der Waals surface area (Å²) in [7, 11) is 0. The Bertz CT molecular complexity index is 961. The van der Waals surface area contributed by atoms with Gasteiger partial charge >= 0.3 is 0 Å². The quantitative estimate of drug-likeness (QED) is 0.665. The molecule has 2 aromatic carbocycles. The largest absolute Gasteiger partial charge is 0.305 e. The average Bonchev–Trinajstić information content (AvgIpc) is 2.89. The first-order valence-corrected chi connectivity index (χ1v) is 8.34. The number of hydrogen-bond donors (Lipinski definition) is 0. The zero-order valence-corrected chi connectivity index (χ0v) is 14.2. The number of amides is 1. The summed E-state index contributed by atoms with van der Waals surface area (Å²) in [6.45, 7) is 6.10. The molecule has 1 aliphatic heterocycles. The number of para-hydroxylation sites is 1. The van der Waals surface area contributed by atoms with Crippen LogP contribution >= 0.6 is 0 Å². The summed E-state index contributed by atoms with van der Waals surface area (Å²) in [5.41, 5.74) is 5.90. The lowest BCUT2D eigenvalue weighted by molar-refractivity contribution is 0.0983. The van der Waals surface area contributed by atoms with Gasteiger partial charge in [-0.15, -0.1) is 0 Å². The van der Waals surface area contributed by atoms with Gasteiger partial charge in [0.1, 0.15) is 0 Å². The van der Waals surface area contributed by atoms with Crippen LogP contribution in [0.25, 0.3) is 10.9 Å². The zero-order valence-electron chi connectivity index (χ0n) is 14.2. The molecule has 0 spiro atoms. The minimum Gasteiger partial charge on any atom is -0.305 e. The summed E-state index contributed by atoms with van der Waals surface area (Å²) in [5, 5.41) is 0.933. The van der Waals surface area contributed by atoms with E-state index in [-0.39, 0.29) is 11.9 Å². The molecule has 120 valence electrons. The van der Waals surface area contributed by atoms with Crippen molar-refractivity contribution in [2.24, 2.45) is 0 Å². The van der Waals surface area contributed by atoms with Crippen LogP contribution in [-0.4, -0.2) is 16.9 Å². The SMILES string of the molecule is Cc1ccc2nc(C)cc(C(=O)N3c4ccccc4CC3C)c2c1. The Morgan fingerprint density at radius 2 is 1.92 bits per heavy atom. The second-order valence-electron chi connectivity index (χ2n) is 6.69. The fraction of sp³-hybridized carbons (Fsp3) is 0.238. The molecule has 3 aromatic rings. The maximum atomic E-state index is 13.4. The third-order valence-electron chi connectivity index (χ3n) is 4.75. The average molecular weight is 316 g/mol. The van der Waals surface area contributed by atoms with E-state index in [4.69, 9.17) is 0 Å². The second kappa shape index (κ2) is 5.45.